The van der Waals surface area contributed by atoms with Crippen molar-refractivity contribution in [3.63, 3.8) is 0 Å². The van der Waals surface area contributed by atoms with Crippen LogP contribution in [0.3, 0.4) is 0 Å². The Morgan fingerprint density at radius 3 is 2.38 bits per heavy atom. The molecule has 0 saturated heterocycles. The van der Waals surface area contributed by atoms with Gasteiger partial charge in [0, 0.05) is 5.56 Å². The smallest absolute Gasteiger partial charge is 0.193 e. The van der Waals surface area contributed by atoms with E-state index in [-0.39, 0.29) is 17.7 Å². The fraction of sp³-hybridized carbons (Fsp3) is 0.562. The van der Waals surface area contributed by atoms with Gasteiger partial charge in [-0.1, -0.05) is 56.3 Å². The maximum absolute atomic E-state index is 9.54. The summed E-state index contributed by atoms with van der Waals surface area (Å²) < 4.78 is 6.46. The quantitative estimate of drug-likeness (QED) is 0.869. The van der Waals surface area contributed by atoms with Crippen molar-refractivity contribution in [1.82, 2.24) is 0 Å². The highest BCUT2D eigenvalue weighted by Crippen LogP contribution is 2.39. The average Bonchev–Trinajstić information content (AvgIpc) is 2.80. The molecule has 1 aliphatic rings. The molecule has 0 amide bonds. The zero-order valence-electron chi connectivity index (χ0n) is 13.5. The third-order valence-corrected chi connectivity index (χ3v) is 8.83. The predicted octanol–water partition coefficient (Wildman–Crippen LogP) is 3.17. The van der Waals surface area contributed by atoms with Gasteiger partial charge in [-0.3, -0.25) is 0 Å². The Balaban J connectivity index is 2.27. The molecule has 2 atom stereocenters. The molecule has 0 bridgehead atoms. The van der Waals surface area contributed by atoms with Crippen LogP contribution in [0.4, 0.5) is 0 Å². The Labute approximate surface area is 127 Å². The molecular formula is C16H25NO3Si. The van der Waals surface area contributed by atoms with Crippen molar-refractivity contribution in [2.75, 3.05) is 6.61 Å². The van der Waals surface area contributed by atoms with Crippen molar-refractivity contribution in [1.29, 1.82) is 0 Å². The van der Waals surface area contributed by atoms with Crippen molar-refractivity contribution in [2.24, 2.45) is 5.16 Å². The summed E-state index contributed by atoms with van der Waals surface area (Å²) in [7, 11) is -1.97. The summed E-state index contributed by atoms with van der Waals surface area (Å²) in [5.74, 6) is 0. The Kier molecular flexibility index (Phi) is 4.56. The van der Waals surface area contributed by atoms with Gasteiger partial charge in [-0.05, 0) is 18.1 Å². The summed E-state index contributed by atoms with van der Waals surface area (Å²) in [6, 6.07) is 9.88. The first kappa shape index (κ1) is 16.2. The minimum absolute atomic E-state index is 0.0946. The minimum Gasteiger partial charge on any atom is -0.404 e. The van der Waals surface area contributed by atoms with Crippen LogP contribution in [0.15, 0.2) is 35.5 Å². The van der Waals surface area contributed by atoms with Gasteiger partial charge in [0.25, 0.3) is 0 Å². The van der Waals surface area contributed by atoms with Crippen LogP contribution in [0.5, 0.6) is 0 Å². The Bertz CT molecular complexity index is 508. The second kappa shape index (κ2) is 5.91. The maximum atomic E-state index is 9.54. The summed E-state index contributed by atoms with van der Waals surface area (Å²) in [5.41, 5.74) is 1.76. The molecule has 4 nitrogen and oxygen atoms in total. The van der Waals surface area contributed by atoms with E-state index in [4.69, 9.17) is 9.26 Å². The van der Waals surface area contributed by atoms with E-state index >= 15 is 0 Å². The van der Waals surface area contributed by atoms with E-state index in [2.05, 4.69) is 39.0 Å². The second-order valence-electron chi connectivity index (χ2n) is 6.97. The first-order chi connectivity index (χ1) is 9.76. The highest BCUT2D eigenvalue weighted by Gasteiger charge is 2.45. The third kappa shape index (κ3) is 3.36. The van der Waals surface area contributed by atoms with Crippen LogP contribution in [0.1, 0.15) is 26.3 Å². The summed E-state index contributed by atoms with van der Waals surface area (Å²) in [6.45, 7) is 10.9. The molecular weight excluding hydrogens is 282 g/mol. The fourth-order valence-electron chi connectivity index (χ4n) is 1.99. The summed E-state index contributed by atoms with van der Waals surface area (Å²) >= 11 is 0. The molecule has 0 saturated carbocycles. The van der Waals surface area contributed by atoms with E-state index in [1.807, 2.05) is 30.3 Å². The molecule has 1 aromatic carbocycles. The lowest BCUT2D eigenvalue weighted by Crippen LogP contribution is -2.49. The lowest BCUT2D eigenvalue weighted by molar-refractivity contribution is -0.00938. The van der Waals surface area contributed by atoms with Crippen LogP contribution in [0.2, 0.25) is 18.1 Å². The van der Waals surface area contributed by atoms with Gasteiger partial charge in [0.15, 0.2) is 14.4 Å². The second-order valence-corrected chi connectivity index (χ2v) is 11.7. The van der Waals surface area contributed by atoms with Crippen LogP contribution < -0.4 is 0 Å². The molecule has 1 heterocycles. The van der Waals surface area contributed by atoms with E-state index in [1.54, 1.807) is 0 Å². The lowest BCUT2D eigenvalue weighted by Gasteiger charge is -2.39. The van der Waals surface area contributed by atoms with Crippen LogP contribution in [-0.4, -0.2) is 38.0 Å². The number of hydrogen-bond acceptors (Lipinski definition) is 4. The molecule has 0 radical (unpaired) electrons. The Morgan fingerprint density at radius 2 is 1.86 bits per heavy atom. The van der Waals surface area contributed by atoms with E-state index in [9.17, 15) is 5.11 Å². The van der Waals surface area contributed by atoms with Crippen molar-refractivity contribution >= 4 is 14.0 Å². The van der Waals surface area contributed by atoms with E-state index < -0.39 is 14.4 Å². The van der Waals surface area contributed by atoms with E-state index in [0.29, 0.717) is 0 Å². The summed E-state index contributed by atoms with van der Waals surface area (Å²) in [5, 5.41) is 13.8. The highest BCUT2D eigenvalue weighted by atomic mass is 28.4. The van der Waals surface area contributed by atoms with E-state index in [0.717, 1.165) is 11.3 Å². The number of hydrogen-bond donors (Lipinski definition) is 1. The maximum Gasteiger partial charge on any atom is 0.193 e. The van der Waals surface area contributed by atoms with Gasteiger partial charge in [0.05, 0.1) is 6.61 Å². The van der Waals surface area contributed by atoms with Crippen molar-refractivity contribution in [2.45, 2.75) is 51.1 Å². The number of aliphatic hydroxyl groups excluding tert-OH is 1. The third-order valence-electron chi connectivity index (χ3n) is 4.37. The monoisotopic (exact) mass is 307 g/mol. The number of oxime groups is 1. The largest absolute Gasteiger partial charge is 0.404 e. The molecule has 1 N–H and O–H groups in total. The Hall–Kier alpha value is -1.17. The van der Waals surface area contributed by atoms with Crippen LogP contribution >= 0.6 is 0 Å². The molecule has 0 aliphatic carbocycles. The lowest BCUT2D eigenvalue weighted by atomic mass is 10.0. The number of rotatable bonds is 4. The molecule has 1 aliphatic heterocycles. The van der Waals surface area contributed by atoms with Crippen LogP contribution in [-0.2, 0) is 9.26 Å². The number of aliphatic hydroxyl groups is 1. The van der Waals surface area contributed by atoms with Gasteiger partial charge in [-0.2, -0.15) is 0 Å². The predicted molar refractivity (Wildman–Crippen MR) is 87.0 cm³/mol. The van der Waals surface area contributed by atoms with Crippen molar-refractivity contribution in [3.8, 4) is 0 Å². The molecule has 0 fully saturated rings. The molecule has 2 rings (SSSR count). The van der Waals surface area contributed by atoms with Gasteiger partial charge in [-0.25, -0.2) is 0 Å². The highest BCUT2D eigenvalue weighted by molar-refractivity contribution is 6.74. The van der Waals surface area contributed by atoms with Crippen LogP contribution in [0.25, 0.3) is 0 Å². The summed E-state index contributed by atoms with van der Waals surface area (Å²) in [6.07, 6.45) is -0.729. The molecule has 21 heavy (non-hydrogen) atoms. The van der Waals surface area contributed by atoms with Gasteiger partial charge in [-0.15, -0.1) is 0 Å². The fourth-order valence-corrected chi connectivity index (χ4v) is 3.24. The van der Waals surface area contributed by atoms with Gasteiger partial charge in [0.1, 0.15) is 11.8 Å². The van der Waals surface area contributed by atoms with Crippen LogP contribution in [0, 0.1) is 0 Å². The minimum atomic E-state index is -1.97. The zero-order chi connectivity index (χ0) is 15.7. The average molecular weight is 307 g/mol. The number of benzene rings is 1. The molecule has 0 spiro atoms. The summed E-state index contributed by atoms with van der Waals surface area (Å²) in [4.78, 5) is 5.38. The normalized spacial score (nSPS) is 22.9. The van der Waals surface area contributed by atoms with Crippen molar-refractivity contribution in [3.05, 3.63) is 35.9 Å². The van der Waals surface area contributed by atoms with E-state index in [1.165, 1.54) is 0 Å². The molecule has 5 heteroatoms. The number of nitrogens with zero attached hydrogens (tertiary/aromatic N) is 1. The van der Waals surface area contributed by atoms with Gasteiger partial charge < -0.3 is 14.4 Å². The van der Waals surface area contributed by atoms with Gasteiger partial charge >= 0.3 is 0 Å². The molecule has 0 unspecified atom stereocenters. The SMILES string of the molecule is CC(C)(C)[Si](C)(C)O[C@@H]1C(c2ccccc2)=NO[C@H]1CO. The Morgan fingerprint density at radius 1 is 1.24 bits per heavy atom. The van der Waals surface area contributed by atoms with Crippen molar-refractivity contribution < 1.29 is 14.4 Å². The standard InChI is InChI=1S/C16H25NO3Si/c1-16(2,3)21(4,5)20-15-13(11-18)19-17-14(15)12-9-7-6-8-10-12/h6-10,13,15,18H,11H2,1-5H3/t13-,15-/m0/s1. The molecule has 1 aromatic rings. The topological polar surface area (TPSA) is 51.0 Å². The molecule has 0 aromatic heterocycles. The first-order valence-corrected chi connectivity index (χ1v) is 10.2. The van der Waals surface area contributed by atoms with Gasteiger partial charge in [0.2, 0.25) is 0 Å². The molecule has 116 valence electrons. The first-order valence-electron chi connectivity index (χ1n) is 7.34. The zero-order valence-corrected chi connectivity index (χ0v) is 14.5.